The molecule has 0 saturated carbocycles. The largest absolute Gasteiger partial charge is 0.309 e. The number of hydrogen-bond donors (Lipinski definition) is 0. The Morgan fingerprint density at radius 2 is 1.07 bits per heavy atom. The summed E-state index contributed by atoms with van der Waals surface area (Å²) in [5.41, 5.74) is 12.8. The molecule has 0 aliphatic rings. The van der Waals surface area contributed by atoms with E-state index in [1.54, 1.807) is 0 Å². The van der Waals surface area contributed by atoms with Gasteiger partial charge in [-0.15, -0.1) is 0 Å². The molecule has 0 aliphatic heterocycles. The lowest BCUT2D eigenvalue weighted by atomic mass is 9.95. The van der Waals surface area contributed by atoms with E-state index in [1.807, 2.05) is 6.07 Å². The van der Waals surface area contributed by atoms with Crippen molar-refractivity contribution in [3.05, 3.63) is 193 Å². The third-order valence-corrected chi connectivity index (χ3v) is 8.31. The van der Waals surface area contributed by atoms with Crippen LogP contribution in [0, 0.1) is 0 Å². The Balaban J connectivity index is 1.37. The van der Waals surface area contributed by atoms with Crippen LogP contribution in [0.15, 0.2) is 176 Å². The number of fused-ring (bicyclic) bond motifs is 3. The van der Waals surface area contributed by atoms with E-state index in [9.17, 15) is 0 Å². The highest BCUT2D eigenvalue weighted by atomic mass is 15.0. The van der Waals surface area contributed by atoms with E-state index >= 15 is 0 Å². The van der Waals surface area contributed by atoms with Crippen LogP contribution < -0.4 is 0 Å². The standard InChI is InChI=1S/C43H33N/c1-31(33-14-6-3-7-15-33)28-38(29-32(2)34-16-8-4-9-17-34)37-24-27-43-41(30-37)40-20-12-13-21-42(40)44(43)39-25-22-36(23-26-39)35-18-10-5-11-19-35/h3-30H,1H2,2H3/b32-29+,38-28+. The zero-order valence-corrected chi connectivity index (χ0v) is 24.8. The van der Waals surface area contributed by atoms with Crippen molar-refractivity contribution in [3.8, 4) is 16.8 Å². The van der Waals surface area contributed by atoms with E-state index in [4.69, 9.17) is 0 Å². The molecule has 0 aliphatic carbocycles. The van der Waals surface area contributed by atoms with Gasteiger partial charge >= 0.3 is 0 Å². The first-order chi connectivity index (χ1) is 21.7. The molecule has 0 radical (unpaired) electrons. The third-order valence-electron chi connectivity index (χ3n) is 8.31. The SMILES string of the molecule is C=C(/C=C(\C=C(/C)c1ccccc1)c1ccc2c(c1)c1ccccc1n2-c1ccc(-c2ccccc2)cc1)c1ccccc1. The van der Waals surface area contributed by atoms with Crippen molar-refractivity contribution in [2.45, 2.75) is 6.92 Å². The van der Waals surface area contributed by atoms with Crippen molar-refractivity contribution >= 4 is 38.5 Å². The van der Waals surface area contributed by atoms with E-state index in [0.717, 1.165) is 28.0 Å². The summed E-state index contributed by atoms with van der Waals surface area (Å²) in [4.78, 5) is 0. The molecule has 0 amide bonds. The van der Waals surface area contributed by atoms with Crippen molar-refractivity contribution in [3.63, 3.8) is 0 Å². The number of para-hydroxylation sites is 1. The van der Waals surface area contributed by atoms with Crippen molar-refractivity contribution in [2.24, 2.45) is 0 Å². The lowest BCUT2D eigenvalue weighted by Gasteiger charge is -2.11. The molecule has 7 rings (SSSR count). The van der Waals surface area contributed by atoms with Gasteiger partial charge in [0.1, 0.15) is 0 Å². The Labute approximate surface area is 259 Å². The second-order valence-corrected chi connectivity index (χ2v) is 11.2. The molecule has 210 valence electrons. The molecule has 6 aromatic carbocycles. The topological polar surface area (TPSA) is 4.93 Å². The Kier molecular flexibility index (Phi) is 7.36. The molecule has 0 N–H and O–H groups in total. The maximum atomic E-state index is 4.45. The summed E-state index contributed by atoms with van der Waals surface area (Å²) in [6.45, 7) is 6.62. The molecule has 0 fully saturated rings. The highest BCUT2D eigenvalue weighted by Gasteiger charge is 2.14. The lowest BCUT2D eigenvalue weighted by Crippen LogP contribution is -1.94. The first-order valence-corrected chi connectivity index (χ1v) is 15.0. The Bertz CT molecular complexity index is 2140. The van der Waals surface area contributed by atoms with Crippen molar-refractivity contribution in [1.29, 1.82) is 0 Å². The first-order valence-electron chi connectivity index (χ1n) is 15.0. The van der Waals surface area contributed by atoms with Crippen LogP contribution in [-0.4, -0.2) is 4.57 Å². The monoisotopic (exact) mass is 563 g/mol. The summed E-state index contributed by atoms with van der Waals surface area (Å²) < 4.78 is 2.38. The first kappa shape index (κ1) is 27.2. The normalized spacial score (nSPS) is 12.1. The zero-order chi connectivity index (χ0) is 29.9. The fourth-order valence-electron chi connectivity index (χ4n) is 6.01. The average Bonchev–Trinajstić information content (AvgIpc) is 3.43. The van der Waals surface area contributed by atoms with Gasteiger partial charge in [-0.1, -0.05) is 140 Å². The molecule has 1 nitrogen and oxygen atoms in total. The van der Waals surface area contributed by atoms with Gasteiger partial charge in [0, 0.05) is 16.5 Å². The molecule has 0 saturated heterocycles. The van der Waals surface area contributed by atoms with Gasteiger partial charge in [-0.25, -0.2) is 0 Å². The highest BCUT2D eigenvalue weighted by Crippen LogP contribution is 2.36. The molecule has 0 bridgehead atoms. The molecule has 0 spiro atoms. The second-order valence-electron chi connectivity index (χ2n) is 11.2. The molecule has 1 aromatic heterocycles. The Morgan fingerprint density at radius 1 is 0.500 bits per heavy atom. The van der Waals surface area contributed by atoms with Gasteiger partial charge in [-0.05, 0) is 87.9 Å². The molecule has 1 heterocycles. The second kappa shape index (κ2) is 11.9. The van der Waals surface area contributed by atoms with Crippen LogP contribution in [-0.2, 0) is 0 Å². The third kappa shape index (κ3) is 5.32. The predicted molar refractivity (Wildman–Crippen MR) is 190 cm³/mol. The van der Waals surface area contributed by atoms with Gasteiger partial charge in [0.15, 0.2) is 0 Å². The van der Waals surface area contributed by atoms with Crippen LogP contribution >= 0.6 is 0 Å². The van der Waals surface area contributed by atoms with E-state index < -0.39 is 0 Å². The van der Waals surface area contributed by atoms with Crippen molar-refractivity contribution in [1.82, 2.24) is 4.57 Å². The van der Waals surface area contributed by atoms with Gasteiger partial charge < -0.3 is 4.57 Å². The highest BCUT2D eigenvalue weighted by molar-refractivity contribution is 6.10. The number of benzene rings is 6. The fraction of sp³-hybridized carbons (Fsp3) is 0.0233. The van der Waals surface area contributed by atoms with Crippen molar-refractivity contribution < 1.29 is 0 Å². The minimum Gasteiger partial charge on any atom is -0.309 e. The predicted octanol–water partition coefficient (Wildman–Crippen LogP) is 11.7. The number of hydrogen-bond acceptors (Lipinski definition) is 0. The summed E-state index contributed by atoms with van der Waals surface area (Å²) in [5, 5.41) is 2.47. The molecular weight excluding hydrogens is 530 g/mol. The summed E-state index contributed by atoms with van der Waals surface area (Å²) in [5.74, 6) is 0. The molecule has 0 atom stereocenters. The Morgan fingerprint density at radius 3 is 1.77 bits per heavy atom. The minimum atomic E-state index is 0.985. The van der Waals surface area contributed by atoms with Gasteiger partial charge in [-0.2, -0.15) is 0 Å². The van der Waals surface area contributed by atoms with Gasteiger partial charge in [0.05, 0.1) is 11.0 Å². The quantitative estimate of drug-likeness (QED) is 0.170. The average molecular weight is 564 g/mol. The van der Waals surface area contributed by atoms with Crippen molar-refractivity contribution in [2.75, 3.05) is 0 Å². The lowest BCUT2D eigenvalue weighted by molar-refractivity contribution is 1.18. The minimum absolute atomic E-state index is 0.985. The smallest absolute Gasteiger partial charge is 0.0541 e. The van der Waals surface area contributed by atoms with Crippen LogP contribution in [0.5, 0.6) is 0 Å². The van der Waals surface area contributed by atoms with E-state index in [1.165, 1.54) is 44.1 Å². The summed E-state index contributed by atoms with van der Waals surface area (Å²) in [6, 6.07) is 55.9. The number of allylic oxidation sites excluding steroid dienone is 5. The van der Waals surface area contributed by atoms with E-state index in [2.05, 4.69) is 182 Å². The summed E-state index contributed by atoms with van der Waals surface area (Å²) >= 11 is 0. The van der Waals surface area contributed by atoms with Crippen LogP contribution in [0.4, 0.5) is 0 Å². The maximum absolute atomic E-state index is 4.45. The number of aromatic nitrogens is 1. The van der Waals surface area contributed by atoms with E-state index in [0.29, 0.717) is 0 Å². The van der Waals surface area contributed by atoms with Gasteiger partial charge in [-0.3, -0.25) is 0 Å². The zero-order valence-electron chi connectivity index (χ0n) is 24.8. The summed E-state index contributed by atoms with van der Waals surface area (Å²) in [7, 11) is 0. The molecular formula is C43H33N. The summed E-state index contributed by atoms with van der Waals surface area (Å²) in [6.07, 6.45) is 4.50. The number of nitrogens with zero attached hydrogens (tertiary/aromatic N) is 1. The van der Waals surface area contributed by atoms with Crippen LogP contribution in [0.25, 0.3) is 55.3 Å². The van der Waals surface area contributed by atoms with E-state index in [-0.39, 0.29) is 0 Å². The molecule has 44 heavy (non-hydrogen) atoms. The van der Waals surface area contributed by atoms with Crippen LogP contribution in [0.2, 0.25) is 0 Å². The number of rotatable bonds is 7. The molecule has 0 unspecified atom stereocenters. The molecule has 1 heteroatoms. The Hall–Kier alpha value is -5.66. The van der Waals surface area contributed by atoms with Crippen LogP contribution in [0.1, 0.15) is 23.6 Å². The maximum Gasteiger partial charge on any atom is 0.0541 e. The van der Waals surface area contributed by atoms with Gasteiger partial charge in [0.2, 0.25) is 0 Å². The van der Waals surface area contributed by atoms with Crippen LogP contribution in [0.3, 0.4) is 0 Å². The molecule has 7 aromatic rings. The fourth-order valence-corrected chi connectivity index (χ4v) is 6.01. The van der Waals surface area contributed by atoms with Gasteiger partial charge in [0.25, 0.3) is 0 Å².